The van der Waals surface area contributed by atoms with Gasteiger partial charge in [0.05, 0.1) is 0 Å². The molecule has 0 fully saturated rings. The lowest BCUT2D eigenvalue weighted by molar-refractivity contribution is 0.0794. The first-order valence-corrected chi connectivity index (χ1v) is 5.12. The predicted octanol–water partition coefficient (Wildman–Crippen LogP) is 3.67. The zero-order valence-electron chi connectivity index (χ0n) is 7.61. The molecule has 0 aliphatic heterocycles. The van der Waals surface area contributed by atoms with Crippen LogP contribution < -0.4 is 0 Å². The third-order valence-corrected chi connectivity index (χ3v) is 1.89. The Balaban J connectivity index is 2.73. The Morgan fingerprint density at radius 2 is 2.00 bits per heavy atom. The number of hydrogen-bond donors (Lipinski definition) is 0. The molecule has 0 spiro atoms. The Morgan fingerprint density at radius 1 is 1.38 bits per heavy atom. The summed E-state index contributed by atoms with van der Waals surface area (Å²) in [5, 5.41) is 0.0377. The molecule has 0 bridgehead atoms. The van der Waals surface area contributed by atoms with Crippen LogP contribution in [0.1, 0.15) is 18.6 Å². The Morgan fingerprint density at radius 3 is 2.46 bits per heavy atom. The summed E-state index contributed by atoms with van der Waals surface area (Å²) in [6.07, 6.45) is 1.77. The molecule has 0 aromatic heterocycles. The summed E-state index contributed by atoms with van der Waals surface area (Å²) in [4.78, 5) is 0. The normalized spacial score (nSPS) is 14.9. The van der Waals surface area contributed by atoms with E-state index in [0.29, 0.717) is 0 Å². The molecule has 2 heteroatoms. The van der Waals surface area contributed by atoms with Gasteiger partial charge in [-0.05, 0) is 12.5 Å². The number of alkyl halides is 1. The van der Waals surface area contributed by atoms with Gasteiger partial charge in [-0.2, -0.15) is 0 Å². The van der Waals surface area contributed by atoms with Crippen LogP contribution in [0.5, 0.6) is 0 Å². The van der Waals surface area contributed by atoms with Crippen LogP contribution in [0.3, 0.4) is 0 Å². The maximum atomic E-state index is 5.58. The minimum absolute atomic E-state index is 0.0319. The highest BCUT2D eigenvalue weighted by molar-refractivity contribution is 9.09. The van der Waals surface area contributed by atoms with Crippen molar-refractivity contribution in [3.05, 3.63) is 48.6 Å². The van der Waals surface area contributed by atoms with Crippen LogP contribution in [0.25, 0.3) is 0 Å². The quantitative estimate of drug-likeness (QED) is 0.577. The van der Waals surface area contributed by atoms with Gasteiger partial charge in [-0.3, -0.25) is 0 Å². The minimum Gasteiger partial charge on any atom is -0.355 e. The first-order chi connectivity index (χ1) is 6.24. The molecule has 1 nitrogen and oxygen atoms in total. The van der Waals surface area contributed by atoms with E-state index < -0.39 is 0 Å². The molecule has 0 N–H and O–H groups in total. The zero-order valence-corrected chi connectivity index (χ0v) is 9.20. The maximum absolute atomic E-state index is 5.58. The fourth-order valence-electron chi connectivity index (χ4n) is 1.11. The highest BCUT2D eigenvalue weighted by Gasteiger charge is 2.08. The molecule has 2 unspecified atom stereocenters. The first-order valence-electron chi connectivity index (χ1n) is 4.21. The monoisotopic (exact) mass is 240 g/mol. The lowest BCUT2D eigenvalue weighted by atomic mass is 10.1. The largest absolute Gasteiger partial charge is 0.355 e. The van der Waals surface area contributed by atoms with Gasteiger partial charge in [0, 0.05) is 0 Å². The van der Waals surface area contributed by atoms with E-state index in [9.17, 15) is 0 Å². The molecule has 13 heavy (non-hydrogen) atoms. The first kappa shape index (κ1) is 10.5. The molecular weight excluding hydrogens is 228 g/mol. The second-order valence-electron chi connectivity index (χ2n) is 2.75. The highest BCUT2D eigenvalue weighted by atomic mass is 79.9. The summed E-state index contributed by atoms with van der Waals surface area (Å²) >= 11 is 3.34. The van der Waals surface area contributed by atoms with Crippen molar-refractivity contribution in [2.45, 2.75) is 18.0 Å². The van der Waals surface area contributed by atoms with Crippen LogP contribution in [0.15, 0.2) is 43.0 Å². The van der Waals surface area contributed by atoms with Gasteiger partial charge >= 0.3 is 0 Å². The highest BCUT2D eigenvalue weighted by Crippen LogP contribution is 2.21. The SMILES string of the molecule is C=CC(OC(C)Br)c1ccccc1. The molecule has 70 valence electrons. The van der Waals surface area contributed by atoms with E-state index in [0.717, 1.165) is 5.56 Å². The molecule has 0 saturated heterocycles. The van der Waals surface area contributed by atoms with Crippen molar-refractivity contribution in [3.63, 3.8) is 0 Å². The van der Waals surface area contributed by atoms with Crippen molar-refractivity contribution in [1.29, 1.82) is 0 Å². The van der Waals surface area contributed by atoms with Gasteiger partial charge < -0.3 is 4.74 Å². The maximum Gasteiger partial charge on any atom is 0.111 e. The average Bonchev–Trinajstić information content (AvgIpc) is 2.15. The van der Waals surface area contributed by atoms with Crippen molar-refractivity contribution in [1.82, 2.24) is 0 Å². The molecule has 0 radical (unpaired) electrons. The summed E-state index contributed by atoms with van der Waals surface area (Å²) in [7, 11) is 0. The standard InChI is InChI=1S/C11H13BrO/c1-3-11(13-9(2)12)10-7-5-4-6-8-10/h3-9,11H,1H2,2H3. The molecular formula is C11H13BrO. The lowest BCUT2D eigenvalue weighted by Gasteiger charge is -2.15. The van der Waals surface area contributed by atoms with Gasteiger partial charge in [0.1, 0.15) is 11.1 Å². The van der Waals surface area contributed by atoms with E-state index >= 15 is 0 Å². The fraction of sp³-hybridized carbons (Fsp3) is 0.273. The molecule has 0 heterocycles. The number of benzene rings is 1. The molecule has 1 aromatic rings. The summed E-state index contributed by atoms with van der Waals surface area (Å²) in [6.45, 7) is 5.69. The van der Waals surface area contributed by atoms with Gasteiger partial charge in [-0.1, -0.05) is 52.3 Å². The number of ether oxygens (including phenoxy) is 1. The molecule has 0 saturated carbocycles. The number of hydrogen-bond acceptors (Lipinski definition) is 1. The molecule has 0 aliphatic rings. The number of halogens is 1. The van der Waals surface area contributed by atoms with Crippen LogP contribution in [0, 0.1) is 0 Å². The van der Waals surface area contributed by atoms with Crippen molar-refractivity contribution >= 4 is 15.9 Å². The van der Waals surface area contributed by atoms with Gasteiger partial charge in [0.15, 0.2) is 0 Å². The molecule has 0 amide bonds. The number of rotatable bonds is 4. The van der Waals surface area contributed by atoms with Crippen molar-refractivity contribution in [2.24, 2.45) is 0 Å². The summed E-state index contributed by atoms with van der Waals surface area (Å²) in [6, 6.07) is 10.0. The second-order valence-corrected chi connectivity index (χ2v) is 4.04. The van der Waals surface area contributed by atoms with Crippen molar-refractivity contribution in [2.75, 3.05) is 0 Å². The van der Waals surface area contributed by atoms with E-state index in [1.807, 2.05) is 37.3 Å². The summed E-state index contributed by atoms with van der Waals surface area (Å²) < 4.78 is 5.58. The van der Waals surface area contributed by atoms with E-state index in [1.165, 1.54) is 0 Å². The summed E-state index contributed by atoms with van der Waals surface area (Å²) in [5.41, 5.74) is 1.13. The van der Waals surface area contributed by atoms with Gasteiger partial charge in [0.25, 0.3) is 0 Å². The zero-order chi connectivity index (χ0) is 9.68. The third kappa shape index (κ3) is 3.33. The summed E-state index contributed by atoms with van der Waals surface area (Å²) in [5.74, 6) is 0. The fourth-order valence-corrected chi connectivity index (χ4v) is 1.35. The van der Waals surface area contributed by atoms with Gasteiger partial charge in [0.2, 0.25) is 0 Å². The van der Waals surface area contributed by atoms with Crippen LogP contribution in [0.4, 0.5) is 0 Å². The van der Waals surface area contributed by atoms with E-state index in [-0.39, 0.29) is 11.1 Å². The van der Waals surface area contributed by atoms with Crippen LogP contribution >= 0.6 is 15.9 Å². The van der Waals surface area contributed by atoms with Crippen LogP contribution in [-0.4, -0.2) is 5.01 Å². The van der Waals surface area contributed by atoms with Gasteiger partial charge in [-0.25, -0.2) is 0 Å². The van der Waals surface area contributed by atoms with Gasteiger partial charge in [-0.15, -0.1) is 6.58 Å². The smallest absolute Gasteiger partial charge is 0.111 e. The predicted molar refractivity (Wildman–Crippen MR) is 58.9 cm³/mol. The Labute approximate surface area is 87.5 Å². The van der Waals surface area contributed by atoms with Crippen LogP contribution in [0.2, 0.25) is 0 Å². The lowest BCUT2D eigenvalue weighted by Crippen LogP contribution is -2.05. The van der Waals surface area contributed by atoms with E-state index in [4.69, 9.17) is 4.74 Å². The average molecular weight is 241 g/mol. The molecule has 2 atom stereocenters. The molecule has 1 aromatic carbocycles. The Bertz CT molecular complexity index is 256. The third-order valence-electron chi connectivity index (χ3n) is 1.68. The van der Waals surface area contributed by atoms with E-state index in [2.05, 4.69) is 22.5 Å². The molecule has 1 rings (SSSR count). The van der Waals surface area contributed by atoms with Crippen molar-refractivity contribution < 1.29 is 4.74 Å². The van der Waals surface area contributed by atoms with Crippen molar-refractivity contribution in [3.8, 4) is 0 Å². The Hall–Kier alpha value is -0.600. The Kier molecular flexibility index (Phi) is 4.19. The minimum atomic E-state index is -0.0319. The van der Waals surface area contributed by atoms with E-state index in [1.54, 1.807) is 6.08 Å². The topological polar surface area (TPSA) is 9.23 Å². The van der Waals surface area contributed by atoms with Crippen LogP contribution in [-0.2, 0) is 4.74 Å². The second kappa shape index (κ2) is 5.20. The molecule has 0 aliphatic carbocycles.